The van der Waals surface area contributed by atoms with Crippen LogP contribution >= 0.6 is 0 Å². The lowest BCUT2D eigenvalue weighted by Gasteiger charge is -2.16. The van der Waals surface area contributed by atoms with E-state index in [-0.39, 0.29) is 18.5 Å². The van der Waals surface area contributed by atoms with Crippen molar-refractivity contribution in [2.45, 2.75) is 78.8 Å². The molecule has 3 aromatic rings. The highest BCUT2D eigenvalue weighted by Gasteiger charge is 2.21. The van der Waals surface area contributed by atoms with Crippen molar-refractivity contribution in [3.05, 3.63) is 40.8 Å². The number of carbonyl (C=O) groups excluding carboxylic acids is 1. The van der Waals surface area contributed by atoms with E-state index >= 15 is 0 Å². The molecule has 0 spiro atoms. The molecule has 6 nitrogen and oxygen atoms in total. The zero-order chi connectivity index (χ0) is 20.5. The molecule has 154 valence electrons. The molecule has 4 rings (SSSR count). The van der Waals surface area contributed by atoms with Gasteiger partial charge in [0.15, 0.2) is 11.5 Å². The molecule has 6 heteroatoms. The van der Waals surface area contributed by atoms with Crippen LogP contribution in [0.5, 0.6) is 0 Å². The number of amides is 1. The van der Waals surface area contributed by atoms with Crippen LogP contribution in [0, 0.1) is 27.7 Å². The summed E-state index contributed by atoms with van der Waals surface area (Å²) in [6.07, 6.45) is 7.11. The van der Waals surface area contributed by atoms with Crippen molar-refractivity contribution in [1.82, 2.24) is 24.6 Å². The molecular weight excluding hydrogens is 362 g/mol. The first-order valence-electron chi connectivity index (χ1n) is 10.7. The van der Waals surface area contributed by atoms with Crippen LogP contribution in [0.2, 0.25) is 0 Å². The van der Waals surface area contributed by atoms with Gasteiger partial charge in [-0.25, -0.2) is 9.67 Å². The van der Waals surface area contributed by atoms with Crippen molar-refractivity contribution < 1.29 is 4.79 Å². The van der Waals surface area contributed by atoms with Crippen LogP contribution in [0.25, 0.3) is 16.9 Å². The van der Waals surface area contributed by atoms with Gasteiger partial charge >= 0.3 is 0 Å². The molecule has 0 aliphatic heterocycles. The fourth-order valence-electron chi connectivity index (χ4n) is 4.59. The zero-order valence-electron chi connectivity index (χ0n) is 18.0. The quantitative estimate of drug-likeness (QED) is 0.672. The average molecular weight is 394 g/mol. The normalized spacial score (nSPS) is 15.6. The summed E-state index contributed by atoms with van der Waals surface area (Å²) >= 11 is 0. The molecule has 3 aromatic heterocycles. The van der Waals surface area contributed by atoms with E-state index in [0.717, 1.165) is 52.3 Å². The monoisotopic (exact) mass is 393 g/mol. The van der Waals surface area contributed by atoms with Crippen molar-refractivity contribution in [3.63, 3.8) is 0 Å². The van der Waals surface area contributed by atoms with E-state index in [9.17, 15) is 4.79 Å². The number of hydrogen-bond donors (Lipinski definition) is 1. The van der Waals surface area contributed by atoms with Gasteiger partial charge in [-0.15, -0.1) is 0 Å². The van der Waals surface area contributed by atoms with E-state index in [1.54, 1.807) is 4.68 Å². The lowest BCUT2D eigenvalue weighted by Crippen LogP contribution is -2.36. The molecular formula is C23H31N5O. The zero-order valence-corrected chi connectivity index (χ0v) is 18.0. The van der Waals surface area contributed by atoms with Gasteiger partial charge in [0.05, 0.1) is 5.39 Å². The fourth-order valence-corrected chi connectivity index (χ4v) is 4.59. The van der Waals surface area contributed by atoms with Crippen LogP contribution in [0.1, 0.15) is 61.2 Å². The number of hydrogen-bond acceptors (Lipinski definition) is 3. The third-order valence-corrected chi connectivity index (χ3v) is 6.01. The fraction of sp³-hybridized carbons (Fsp3) is 0.522. The first-order chi connectivity index (χ1) is 13.9. The van der Waals surface area contributed by atoms with Crippen molar-refractivity contribution in [3.8, 4) is 5.82 Å². The van der Waals surface area contributed by atoms with E-state index in [1.165, 1.54) is 25.7 Å². The van der Waals surface area contributed by atoms with Gasteiger partial charge in [-0.3, -0.25) is 4.79 Å². The average Bonchev–Trinajstić information content (AvgIpc) is 3.04. The summed E-state index contributed by atoms with van der Waals surface area (Å²) in [4.78, 5) is 17.6. The molecule has 0 bridgehead atoms. The van der Waals surface area contributed by atoms with Crippen molar-refractivity contribution in [1.29, 1.82) is 0 Å². The van der Waals surface area contributed by atoms with E-state index in [0.29, 0.717) is 0 Å². The maximum atomic E-state index is 12.8. The summed E-state index contributed by atoms with van der Waals surface area (Å²) in [5.74, 6) is 0.877. The predicted molar refractivity (Wildman–Crippen MR) is 115 cm³/mol. The molecule has 1 N–H and O–H groups in total. The number of rotatable bonds is 4. The summed E-state index contributed by atoms with van der Waals surface area (Å²) in [6.45, 7) is 8.43. The second-order valence-electron chi connectivity index (χ2n) is 8.47. The lowest BCUT2D eigenvalue weighted by molar-refractivity contribution is -0.122. The number of carbonyl (C=O) groups is 1. The Morgan fingerprint density at radius 3 is 2.38 bits per heavy atom. The Morgan fingerprint density at radius 1 is 1.07 bits per heavy atom. The lowest BCUT2D eigenvalue weighted by atomic mass is 10.1. The molecule has 1 aliphatic rings. The number of pyridine rings is 1. The SMILES string of the molecule is Cc1cc(C)c2c(-n3c(C)ccc3C)nn(CC(=O)NC3CCCCCC3)c2n1. The second kappa shape index (κ2) is 8.01. The molecule has 3 heterocycles. The Kier molecular flexibility index (Phi) is 5.43. The minimum atomic E-state index is 0.0229. The maximum Gasteiger partial charge on any atom is 0.242 e. The summed E-state index contributed by atoms with van der Waals surface area (Å²) in [5, 5.41) is 9.11. The Balaban J connectivity index is 1.70. The highest BCUT2D eigenvalue weighted by molar-refractivity contribution is 5.88. The van der Waals surface area contributed by atoms with Crippen LogP contribution in [-0.4, -0.2) is 31.3 Å². The van der Waals surface area contributed by atoms with Gasteiger partial charge in [-0.2, -0.15) is 5.10 Å². The minimum absolute atomic E-state index is 0.0229. The molecule has 1 aliphatic carbocycles. The van der Waals surface area contributed by atoms with Crippen molar-refractivity contribution >= 4 is 16.9 Å². The molecule has 0 radical (unpaired) electrons. The number of nitrogens with one attached hydrogen (secondary N) is 1. The Labute approximate surface area is 172 Å². The molecule has 1 fully saturated rings. The van der Waals surface area contributed by atoms with Crippen LogP contribution in [-0.2, 0) is 11.3 Å². The van der Waals surface area contributed by atoms with Crippen LogP contribution in [0.4, 0.5) is 0 Å². The van der Waals surface area contributed by atoms with Crippen LogP contribution in [0.15, 0.2) is 18.2 Å². The molecule has 0 unspecified atom stereocenters. The number of aromatic nitrogens is 4. The van der Waals surface area contributed by atoms with E-state index in [1.807, 2.05) is 6.92 Å². The second-order valence-corrected chi connectivity index (χ2v) is 8.47. The van der Waals surface area contributed by atoms with Crippen LogP contribution in [0.3, 0.4) is 0 Å². The largest absolute Gasteiger partial charge is 0.352 e. The number of nitrogens with zero attached hydrogens (tertiary/aromatic N) is 4. The molecule has 0 aromatic carbocycles. The summed E-state index contributed by atoms with van der Waals surface area (Å²) in [5.41, 5.74) is 5.09. The van der Waals surface area contributed by atoms with E-state index in [4.69, 9.17) is 10.1 Å². The standard InChI is InChI=1S/C23H31N5O/c1-15-13-16(2)24-22-21(15)23(28-17(3)11-12-18(28)4)26-27(22)14-20(29)25-19-9-7-5-6-8-10-19/h11-13,19H,5-10,14H2,1-4H3,(H,25,29). The Bertz CT molecular complexity index is 1020. The molecule has 1 saturated carbocycles. The van der Waals surface area contributed by atoms with Gasteiger partial charge in [0.25, 0.3) is 0 Å². The highest BCUT2D eigenvalue weighted by Crippen LogP contribution is 2.27. The summed E-state index contributed by atoms with van der Waals surface area (Å²) in [7, 11) is 0. The van der Waals surface area contributed by atoms with Gasteiger partial charge in [0.1, 0.15) is 6.54 Å². The summed E-state index contributed by atoms with van der Waals surface area (Å²) in [6, 6.07) is 6.56. The van der Waals surface area contributed by atoms with Gasteiger partial charge in [-0.1, -0.05) is 25.7 Å². The van der Waals surface area contributed by atoms with E-state index < -0.39 is 0 Å². The molecule has 0 atom stereocenters. The van der Waals surface area contributed by atoms with Gasteiger partial charge in [0.2, 0.25) is 5.91 Å². The van der Waals surface area contributed by atoms with Crippen molar-refractivity contribution in [2.75, 3.05) is 0 Å². The minimum Gasteiger partial charge on any atom is -0.352 e. The van der Waals surface area contributed by atoms with Gasteiger partial charge < -0.3 is 9.88 Å². The third-order valence-electron chi connectivity index (χ3n) is 6.01. The third kappa shape index (κ3) is 3.93. The van der Waals surface area contributed by atoms with E-state index in [2.05, 4.69) is 48.9 Å². The van der Waals surface area contributed by atoms with Gasteiger partial charge in [-0.05, 0) is 64.3 Å². The smallest absolute Gasteiger partial charge is 0.242 e. The Hall–Kier alpha value is -2.63. The first kappa shape index (κ1) is 19.7. The number of fused-ring (bicyclic) bond motifs is 1. The van der Waals surface area contributed by atoms with Gasteiger partial charge in [0, 0.05) is 23.1 Å². The predicted octanol–water partition coefficient (Wildman–Crippen LogP) is 4.29. The Morgan fingerprint density at radius 2 is 1.72 bits per heavy atom. The topological polar surface area (TPSA) is 64.7 Å². The highest BCUT2D eigenvalue weighted by atomic mass is 16.2. The molecule has 1 amide bonds. The molecule has 29 heavy (non-hydrogen) atoms. The van der Waals surface area contributed by atoms with Crippen LogP contribution < -0.4 is 5.32 Å². The first-order valence-corrected chi connectivity index (χ1v) is 10.7. The van der Waals surface area contributed by atoms with Crippen molar-refractivity contribution in [2.24, 2.45) is 0 Å². The maximum absolute atomic E-state index is 12.8. The molecule has 0 saturated heterocycles. The number of aryl methyl sites for hydroxylation is 4. The summed E-state index contributed by atoms with van der Waals surface area (Å²) < 4.78 is 3.92.